The summed E-state index contributed by atoms with van der Waals surface area (Å²) in [7, 11) is 0. The second-order valence-corrected chi connectivity index (χ2v) is 6.13. The summed E-state index contributed by atoms with van der Waals surface area (Å²) in [6, 6.07) is 0. The zero-order chi connectivity index (χ0) is 12.6. The van der Waals surface area contributed by atoms with E-state index < -0.39 is 5.97 Å². The van der Waals surface area contributed by atoms with Crippen LogP contribution in [0.15, 0.2) is 5.38 Å². The Morgan fingerprint density at radius 2 is 2.22 bits per heavy atom. The molecule has 0 saturated carbocycles. The van der Waals surface area contributed by atoms with Gasteiger partial charge in [0.15, 0.2) is 5.69 Å². The van der Waals surface area contributed by atoms with Crippen molar-refractivity contribution >= 4 is 17.3 Å². The zero-order valence-corrected chi connectivity index (χ0v) is 10.9. The minimum absolute atomic E-state index is 0.163. The fourth-order valence-corrected chi connectivity index (χ4v) is 3.62. The standard InChI is InChI=1S/C12H16N2O3S/c15-11(16)9-6-18-10(13-9)5-14-7-12(8-14)1-3-17-4-2-12/h6H,1-5,7-8H2,(H,15,16). The van der Waals surface area contributed by atoms with Crippen molar-refractivity contribution in [3.05, 3.63) is 16.1 Å². The first-order valence-electron chi connectivity index (χ1n) is 6.15. The lowest BCUT2D eigenvalue weighted by Crippen LogP contribution is -2.57. The van der Waals surface area contributed by atoms with E-state index in [0.717, 1.165) is 50.7 Å². The van der Waals surface area contributed by atoms with Crippen molar-refractivity contribution in [3.8, 4) is 0 Å². The van der Waals surface area contributed by atoms with E-state index in [1.54, 1.807) is 5.38 Å². The van der Waals surface area contributed by atoms with E-state index in [1.807, 2.05) is 0 Å². The highest BCUT2D eigenvalue weighted by molar-refractivity contribution is 7.09. The van der Waals surface area contributed by atoms with Gasteiger partial charge in [0.1, 0.15) is 5.01 Å². The van der Waals surface area contributed by atoms with Crippen LogP contribution < -0.4 is 0 Å². The molecular formula is C12H16N2O3S. The Morgan fingerprint density at radius 1 is 1.50 bits per heavy atom. The van der Waals surface area contributed by atoms with Gasteiger partial charge in [-0.15, -0.1) is 11.3 Å². The van der Waals surface area contributed by atoms with Crippen LogP contribution in [0.5, 0.6) is 0 Å². The highest BCUT2D eigenvalue weighted by Gasteiger charge is 2.43. The number of thiazole rings is 1. The van der Waals surface area contributed by atoms with Gasteiger partial charge in [-0.1, -0.05) is 0 Å². The first kappa shape index (κ1) is 12.1. The molecule has 1 N–H and O–H groups in total. The maximum absolute atomic E-state index is 10.7. The molecule has 0 bridgehead atoms. The maximum atomic E-state index is 10.7. The fourth-order valence-electron chi connectivity index (χ4n) is 2.81. The van der Waals surface area contributed by atoms with Gasteiger partial charge < -0.3 is 9.84 Å². The van der Waals surface area contributed by atoms with Crippen molar-refractivity contribution < 1.29 is 14.6 Å². The average molecular weight is 268 g/mol. The summed E-state index contributed by atoms with van der Waals surface area (Å²) in [5.41, 5.74) is 0.627. The normalized spacial score (nSPS) is 22.9. The topological polar surface area (TPSA) is 62.7 Å². The molecule has 2 aliphatic rings. The Kier molecular flexibility index (Phi) is 3.09. The quantitative estimate of drug-likeness (QED) is 0.899. The minimum atomic E-state index is -0.943. The second-order valence-electron chi connectivity index (χ2n) is 5.19. The highest BCUT2D eigenvalue weighted by Crippen LogP contribution is 2.40. The smallest absolute Gasteiger partial charge is 0.355 e. The van der Waals surface area contributed by atoms with Crippen LogP contribution in [0.3, 0.4) is 0 Å². The summed E-state index contributed by atoms with van der Waals surface area (Å²) in [6.07, 6.45) is 2.31. The van der Waals surface area contributed by atoms with E-state index in [1.165, 1.54) is 11.3 Å². The van der Waals surface area contributed by atoms with Gasteiger partial charge in [0.05, 0.1) is 6.54 Å². The van der Waals surface area contributed by atoms with Crippen molar-refractivity contribution in [1.82, 2.24) is 9.88 Å². The van der Waals surface area contributed by atoms with E-state index in [-0.39, 0.29) is 5.69 Å². The molecule has 1 spiro atoms. The summed E-state index contributed by atoms with van der Waals surface area (Å²) >= 11 is 1.43. The summed E-state index contributed by atoms with van der Waals surface area (Å²) in [5, 5.41) is 11.3. The van der Waals surface area contributed by atoms with E-state index in [0.29, 0.717) is 5.41 Å². The molecule has 98 valence electrons. The number of carbonyl (C=O) groups is 1. The summed E-state index contributed by atoms with van der Waals surface area (Å²) in [5.74, 6) is -0.943. The van der Waals surface area contributed by atoms with Crippen LogP contribution in [-0.4, -0.2) is 47.3 Å². The van der Waals surface area contributed by atoms with Gasteiger partial charge in [0.25, 0.3) is 0 Å². The molecule has 2 fully saturated rings. The lowest BCUT2D eigenvalue weighted by Gasteiger charge is -2.52. The predicted octanol–water partition coefficient (Wildman–Crippen LogP) is 1.45. The molecule has 0 unspecified atom stereocenters. The van der Waals surface area contributed by atoms with Crippen LogP contribution in [0.2, 0.25) is 0 Å². The second kappa shape index (κ2) is 4.60. The number of aromatic carboxylic acids is 1. The van der Waals surface area contributed by atoms with Crippen molar-refractivity contribution in [2.24, 2.45) is 5.41 Å². The lowest BCUT2D eigenvalue weighted by molar-refractivity contribution is -0.0839. The van der Waals surface area contributed by atoms with Crippen LogP contribution in [-0.2, 0) is 11.3 Å². The molecule has 0 aromatic carbocycles. The molecular weight excluding hydrogens is 252 g/mol. The molecule has 1 aromatic rings. The highest BCUT2D eigenvalue weighted by atomic mass is 32.1. The lowest BCUT2D eigenvalue weighted by atomic mass is 9.73. The Morgan fingerprint density at radius 3 is 2.83 bits per heavy atom. The van der Waals surface area contributed by atoms with Crippen LogP contribution in [0.4, 0.5) is 0 Å². The monoisotopic (exact) mass is 268 g/mol. The van der Waals surface area contributed by atoms with Gasteiger partial charge in [-0.05, 0) is 12.8 Å². The maximum Gasteiger partial charge on any atom is 0.355 e. The van der Waals surface area contributed by atoms with E-state index in [4.69, 9.17) is 9.84 Å². The van der Waals surface area contributed by atoms with Gasteiger partial charge in [0, 0.05) is 37.1 Å². The molecule has 0 radical (unpaired) electrons. The number of likely N-dealkylation sites (tertiary alicyclic amines) is 1. The third-order valence-corrected chi connectivity index (χ3v) is 4.63. The first-order chi connectivity index (χ1) is 8.67. The van der Waals surface area contributed by atoms with Crippen LogP contribution in [0.1, 0.15) is 28.3 Å². The van der Waals surface area contributed by atoms with E-state index in [9.17, 15) is 4.79 Å². The Labute approximate surface area is 109 Å². The Bertz CT molecular complexity index is 446. The van der Waals surface area contributed by atoms with Crippen molar-refractivity contribution in [3.63, 3.8) is 0 Å². The van der Waals surface area contributed by atoms with Gasteiger partial charge >= 0.3 is 5.97 Å². The molecule has 18 heavy (non-hydrogen) atoms. The summed E-state index contributed by atoms with van der Waals surface area (Å²) in [4.78, 5) is 17.2. The molecule has 0 aliphatic carbocycles. The predicted molar refractivity (Wildman–Crippen MR) is 66.8 cm³/mol. The van der Waals surface area contributed by atoms with E-state index in [2.05, 4.69) is 9.88 Å². The third-order valence-electron chi connectivity index (χ3n) is 3.80. The average Bonchev–Trinajstić information content (AvgIpc) is 2.77. The van der Waals surface area contributed by atoms with Crippen molar-refractivity contribution in [2.45, 2.75) is 19.4 Å². The molecule has 3 rings (SSSR count). The molecule has 2 saturated heterocycles. The number of aromatic nitrogens is 1. The third kappa shape index (κ3) is 2.28. The molecule has 2 aliphatic heterocycles. The largest absolute Gasteiger partial charge is 0.476 e. The van der Waals surface area contributed by atoms with Gasteiger partial charge in [-0.25, -0.2) is 9.78 Å². The molecule has 0 atom stereocenters. The first-order valence-corrected chi connectivity index (χ1v) is 7.03. The van der Waals surface area contributed by atoms with Gasteiger partial charge in [-0.3, -0.25) is 4.90 Å². The number of ether oxygens (including phenoxy) is 1. The van der Waals surface area contributed by atoms with Crippen molar-refractivity contribution in [1.29, 1.82) is 0 Å². The number of nitrogens with zero attached hydrogens (tertiary/aromatic N) is 2. The molecule has 6 heteroatoms. The summed E-state index contributed by atoms with van der Waals surface area (Å²) in [6.45, 7) is 4.74. The number of hydrogen-bond donors (Lipinski definition) is 1. The van der Waals surface area contributed by atoms with E-state index >= 15 is 0 Å². The Balaban J connectivity index is 1.54. The number of carboxylic acid groups (broad SMARTS) is 1. The SMILES string of the molecule is O=C(O)c1csc(CN2CC3(CCOCC3)C2)n1. The van der Waals surface area contributed by atoms with Crippen LogP contribution in [0, 0.1) is 5.41 Å². The molecule has 0 amide bonds. The molecule has 5 nitrogen and oxygen atoms in total. The van der Waals surface area contributed by atoms with Crippen LogP contribution >= 0.6 is 11.3 Å². The summed E-state index contributed by atoms with van der Waals surface area (Å²) < 4.78 is 5.39. The minimum Gasteiger partial charge on any atom is -0.476 e. The number of hydrogen-bond acceptors (Lipinski definition) is 5. The van der Waals surface area contributed by atoms with Crippen LogP contribution in [0.25, 0.3) is 0 Å². The number of rotatable bonds is 3. The van der Waals surface area contributed by atoms with Crippen molar-refractivity contribution in [2.75, 3.05) is 26.3 Å². The zero-order valence-electron chi connectivity index (χ0n) is 10.1. The van der Waals surface area contributed by atoms with Gasteiger partial charge in [0.2, 0.25) is 0 Å². The fraction of sp³-hybridized carbons (Fsp3) is 0.667. The molecule has 1 aromatic heterocycles. The Hall–Kier alpha value is -0.980. The molecule has 3 heterocycles. The van der Waals surface area contributed by atoms with Gasteiger partial charge in [-0.2, -0.15) is 0 Å². The number of carboxylic acids is 1.